The zero-order chi connectivity index (χ0) is 19.9. The molecule has 0 fully saturated rings. The van der Waals surface area contributed by atoms with E-state index in [1.54, 1.807) is 36.4 Å². The molecule has 0 spiro atoms. The molecular formula is C20H16ClN5OS. The topological polar surface area (TPSA) is 83.6 Å². The van der Waals surface area contributed by atoms with Gasteiger partial charge in [0.1, 0.15) is 0 Å². The first-order valence-electron chi connectivity index (χ1n) is 8.33. The second-order valence-electron chi connectivity index (χ2n) is 5.75. The Morgan fingerprint density at radius 3 is 2.86 bits per heavy atom. The second-order valence-corrected chi connectivity index (χ2v) is 7.12. The molecule has 3 aromatic rings. The Morgan fingerprint density at radius 2 is 2.11 bits per heavy atom. The zero-order valence-corrected chi connectivity index (χ0v) is 16.4. The smallest absolute Gasteiger partial charge is 0.234 e. The van der Waals surface area contributed by atoms with Gasteiger partial charge < -0.3 is 5.32 Å². The molecule has 0 aliphatic heterocycles. The van der Waals surface area contributed by atoms with E-state index < -0.39 is 0 Å². The number of benzene rings is 2. The van der Waals surface area contributed by atoms with E-state index in [9.17, 15) is 4.79 Å². The summed E-state index contributed by atoms with van der Waals surface area (Å²) in [7, 11) is 0. The summed E-state index contributed by atoms with van der Waals surface area (Å²) in [6, 6.07) is 16.2. The molecule has 0 aliphatic rings. The number of allylic oxidation sites excluding steroid dienone is 1. The first kappa shape index (κ1) is 19.7. The number of nitrogens with one attached hydrogen (secondary N) is 1. The van der Waals surface area contributed by atoms with Crippen LogP contribution in [-0.2, 0) is 11.3 Å². The van der Waals surface area contributed by atoms with Gasteiger partial charge in [0, 0.05) is 22.8 Å². The van der Waals surface area contributed by atoms with Gasteiger partial charge in [-0.3, -0.25) is 9.36 Å². The molecule has 6 nitrogen and oxygen atoms in total. The van der Waals surface area contributed by atoms with Gasteiger partial charge in [-0.2, -0.15) is 5.26 Å². The highest BCUT2D eigenvalue weighted by Crippen LogP contribution is 2.26. The molecule has 2 aromatic carbocycles. The van der Waals surface area contributed by atoms with Crippen LogP contribution in [-0.4, -0.2) is 26.4 Å². The molecule has 0 radical (unpaired) electrons. The number of hydrogen-bond acceptors (Lipinski definition) is 5. The van der Waals surface area contributed by atoms with Crippen LogP contribution in [0.3, 0.4) is 0 Å². The maximum atomic E-state index is 12.3. The average molecular weight is 410 g/mol. The van der Waals surface area contributed by atoms with Crippen molar-refractivity contribution in [3.05, 3.63) is 71.8 Å². The van der Waals surface area contributed by atoms with Crippen LogP contribution >= 0.6 is 23.4 Å². The van der Waals surface area contributed by atoms with Crippen molar-refractivity contribution < 1.29 is 4.79 Å². The molecule has 140 valence electrons. The van der Waals surface area contributed by atoms with Crippen molar-refractivity contribution in [3.63, 3.8) is 0 Å². The van der Waals surface area contributed by atoms with Gasteiger partial charge in [-0.1, -0.05) is 47.6 Å². The monoisotopic (exact) mass is 409 g/mol. The van der Waals surface area contributed by atoms with Crippen molar-refractivity contribution in [2.45, 2.75) is 11.7 Å². The minimum absolute atomic E-state index is 0.154. The molecule has 8 heteroatoms. The standard InChI is InChI=1S/C20H16ClN5OS/c1-2-9-26-19(15-6-4-7-16(21)11-15)24-25-20(26)28-13-18(27)23-17-8-3-5-14(10-17)12-22/h2-8,10-11H,1,9,13H2,(H,23,27). The van der Waals surface area contributed by atoms with E-state index in [1.165, 1.54) is 11.8 Å². The number of amides is 1. The first-order valence-corrected chi connectivity index (χ1v) is 9.70. The molecule has 1 aromatic heterocycles. The van der Waals surface area contributed by atoms with Crippen LogP contribution < -0.4 is 5.32 Å². The van der Waals surface area contributed by atoms with Crippen molar-refractivity contribution in [1.29, 1.82) is 5.26 Å². The number of nitriles is 1. The third kappa shape index (κ3) is 4.80. The van der Waals surface area contributed by atoms with Crippen LogP contribution in [0.5, 0.6) is 0 Å². The molecule has 3 rings (SSSR count). The van der Waals surface area contributed by atoms with Gasteiger partial charge in [0.2, 0.25) is 5.91 Å². The van der Waals surface area contributed by atoms with Crippen molar-refractivity contribution in [1.82, 2.24) is 14.8 Å². The molecule has 0 unspecified atom stereocenters. The predicted octanol–water partition coefficient (Wildman–Crippen LogP) is 4.39. The third-order valence-electron chi connectivity index (χ3n) is 3.72. The summed E-state index contributed by atoms with van der Waals surface area (Å²) in [4.78, 5) is 12.3. The van der Waals surface area contributed by atoms with Gasteiger partial charge in [0.25, 0.3) is 0 Å². The van der Waals surface area contributed by atoms with E-state index in [4.69, 9.17) is 16.9 Å². The minimum Gasteiger partial charge on any atom is -0.325 e. The second kappa shape index (κ2) is 9.22. The van der Waals surface area contributed by atoms with Crippen molar-refractivity contribution in [3.8, 4) is 17.5 Å². The molecule has 1 N–H and O–H groups in total. The van der Waals surface area contributed by atoms with E-state index in [1.807, 2.05) is 28.8 Å². The number of anilines is 1. The summed E-state index contributed by atoms with van der Waals surface area (Å²) < 4.78 is 1.88. The maximum Gasteiger partial charge on any atom is 0.234 e. The minimum atomic E-state index is -0.197. The van der Waals surface area contributed by atoms with Crippen molar-refractivity contribution in [2.75, 3.05) is 11.1 Å². The van der Waals surface area contributed by atoms with Gasteiger partial charge >= 0.3 is 0 Å². The lowest BCUT2D eigenvalue weighted by Crippen LogP contribution is -2.14. The lowest BCUT2D eigenvalue weighted by Gasteiger charge is -2.08. The Hall–Kier alpha value is -3.08. The number of hydrogen-bond donors (Lipinski definition) is 1. The Kier molecular flexibility index (Phi) is 6.48. The highest BCUT2D eigenvalue weighted by atomic mass is 35.5. The van der Waals surface area contributed by atoms with Crippen LogP contribution in [0, 0.1) is 11.3 Å². The fourth-order valence-corrected chi connectivity index (χ4v) is 3.46. The quantitative estimate of drug-likeness (QED) is 0.462. The molecule has 1 amide bonds. The number of rotatable bonds is 7. The van der Waals surface area contributed by atoms with Gasteiger partial charge in [0.15, 0.2) is 11.0 Å². The fourth-order valence-electron chi connectivity index (χ4n) is 2.52. The van der Waals surface area contributed by atoms with Crippen LogP contribution in [0.4, 0.5) is 5.69 Å². The van der Waals surface area contributed by atoms with Crippen LogP contribution in [0.2, 0.25) is 5.02 Å². The lowest BCUT2D eigenvalue weighted by atomic mass is 10.2. The Bertz CT molecular complexity index is 1060. The Morgan fingerprint density at radius 1 is 1.29 bits per heavy atom. The molecule has 0 saturated carbocycles. The summed E-state index contributed by atoms with van der Waals surface area (Å²) in [5, 5.41) is 21.4. The summed E-state index contributed by atoms with van der Waals surface area (Å²) in [6.07, 6.45) is 1.74. The number of thioether (sulfide) groups is 1. The molecule has 0 aliphatic carbocycles. The number of carbonyl (C=O) groups is 1. The first-order chi connectivity index (χ1) is 13.6. The van der Waals surface area contributed by atoms with Gasteiger partial charge in [-0.25, -0.2) is 0 Å². The van der Waals surface area contributed by atoms with Crippen LogP contribution in [0.15, 0.2) is 66.3 Å². The normalized spacial score (nSPS) is 10.3. The van der Waals surface area contributed by atoms with Crippen LogP contribution in [0.25, 0.3) is 11.4 Å². The van der Waals surface area contributed by atoms with Gasteiger partial charge in [-0.05, 0) is 30.3 Å². The van der Waals surface area contributed by atoms with E-state index in [-0.39, 0.29) is 11.7 Å². The number of carbonyl (C=O) groups excluding carboxylic acids is 1. The van der Waals surface area contributed by atoms with E-state index >= 15 is 0 Å². The summed E-state index contributed by atoms with van der Waals surface area (Å²) in [6.45, 7) is 4.28. The maximum absolute atomic E-state index is 12.3. The SMILES string of the molecule is C=CCn1c(SCC(=O)Nc2cccc(C#N)c2)nnc1-c1cccc(Cl)c1. The lowest BCUT2D eigenvalue weighted by molar-refractivity contribution is -0.113. The summed E-state index contributed by atoms with van der Waals surface area (Å²) in [5.41, 5.74) is 1.91. The number of nitrogens with zero attached hydrogens (tertiary/aromatic N) is 4. The van der Waals surface area contributed by atoms with E-state index in [2.05, 4.69) is 22.1 Å². The van der Waals surface area contributed by atoms with Crippen molar-refractivity contribution >= 4 is 35.0 Å². The number of aromatic nitrogens is 3. The van der Waals surface area contributed by atoms with Crippen molar-refractivity contribution in [2.24, 2.45) is 0 Å². The Labute approximate surface area is 171 Å². The van der Waals surface area contributed by atoms with Gasteiger partial charge in [-0.15, -0.1) is 16.8 Å². The molecule has 0 saturated heterocycles. The summed E-state index contributed by atoms with van der Waals surface area (Å²) >= 11 is 7.35. The van der Waals surface area contributed by atoms with E-state index in [0.717, 1.165) is 5.56 Å². The fraction of sp³-hybridized carbons (Fsp3) is 0.100. The highest BCUT2D eigenvalue weighted by Gasteiger charge is 2.15. The third-order valence-corrected chi connectivity index (χ3v) is 4.92. The molecule has 28 heavy (non-hydrogen) atoms. The molecule has 0 atom stereocenters. The highest BCUT2D eigenvalue weighted by molar-refractivity contribution is 7.99. The zero-order valence-electron chi connectivity index (χ0n) is 14.8. The molecule has 1 heterocycles. The largest absolute Gasteiger partial charge is 0.325 e. The Balaban J connectivity index is 1.72. The van der Waals surface area contributed by atoms with E-state index in [0.29, 0.717) is 33.8 Å². The van der Waals surface area contributed by atoms with Crippen LogP contribution in [0.1, 0.15) is 5.56 Å². The van der Waals surface area contributed by atoms with Gasteiger partial charge in [0.05, 0.1) is 17.4 Å². The average Bonchev–Trinajstić information content (AvgIpc) is 3.09. The summed E-state index contributed by atoms with van der Waals surface area (Å²) in [5.74, 6) is 0.617. The predicted molar refractivity (Wildman–Crippen MR) is 111 cm³/mol. The molecular weight excluding hydrogens is 394 g/mol. The number of halogens is 1. The molecule has 0 bridgehead atoms.